The van der Waals surface area contributed by atoms with Crippen LogP contribution in [-0.4, -0.2) is 31.8 Å². The Morgan fingerprint density at radius 1 is 1.14 bits per heavy atom. The number of pyridine rings is 1. The lowest BCUT2D eigenvalue weighted by molar-refractivity contribution is 0.520. The fourth-order valence-corrected chi connectivity index (χ4v) is 2.60. The smallest absolute Gasteiger partial charge is 0.244 e. The molecule has 0 fully saturated rings. The Hall–Kier alpha value is -2.06. The molecule has 2 aromatic rings. The molecule has 1 N–H and O–H groups in total. The first-order valence-corrected chi connectivity index (χ1v) is 7.80. The zero-order chi connectivity index (χ0) is 16.3. The van der Waals surface area contributed by atoms with Crippen molar-refractivity contribution in [3.8, 4) is 0 Å². The first-order valence-electron chi connectivity index (χ1n) is 6.36. The van der Waals surface area contributed by atoms with E-state index >= 15 is 0 Å². The number of nitrogens with zero attached hydrogens (tertiary/aromatic N) is 2. The van der Waals surface area contributed by atoms with Crippen molar-refractivity contribution in [3.63, 3.8) is 0 Å². The molecule has 0 aliphatic rings. The van der Waals surface area contributed by atoms with Crippen LogP contribution < -0.4 is 5.32 Å². The Morgan fingerprint density at radius 3 is 2.27 bits per heavy atom. The molecule has 0 saturated carbocycles. The van der Waals surface area contributed by atoms with Crippen molar-refractivity contribution in [1.82, 2.24) is 9.29 Å². The number of benzene rings is 1. The molecule has 0 unspecified atom stereocenters. The minimum Gasteiger partial charge on any atom is -0.366 e. The van der Waals surface area contributed by atoms with Crippen molar-refractivity contribution in [2.75, 3.05) is 19.4 Å². The number of halogens is 2. The van der Waals surface area contributed by atoms with E-state index in [1.165, 1.54) is 44.6 Å². The highest BCUT2D eigenvalue weighted by Crippen LogP contribution is 2.15. The monoisotopic (exact) mass is 327 g/mol. The highest BCUT2D eigenvalue weighted by Gasteiger charge is 2.17. The van der Waals surface area contributed by atoms with Crippen LogP contribution in [0.2, 0.25) is 0 Å². The van der Waals surface area contributed by atoms with Crippen molar-refractivity contribution >= 4 is 15.8 Å². The van der Waals surface area contributed by atoms with Crippen molar-refractivity contribution in [1.29, 1.82) is 0 Å². The molecule has 0 saturated heterocycles. The van der Waals surface area contributed by atoms with Crippen molar-refractivity contribution < 1.29 is 17.2 Å². The van der Waals surface area contributed by atoms with Crippen molar-refractivity contribution in [2.45, 2.75) is 11.4 Å². The van der Waals surface area contributed by atoms with Gasteiger partial charge in [0, 0.05) is 32.9 Å². The van der Waals surface area contributed by atoms with Gasteiger partial charge in [0.15, 0.2) is 0 Å². The van der Waals surface area contributed by atoms with Crippen LogP contribution in [0, 0.1) is 11.6 Å². The Labute approximate surface area is 127 Å². The van der Waals surface area contributed by atoms with Crippen LogP contribution in [0.15, 0.2) is 41.4 Å². The Bertz CT molecular complexity index is 742. The van der Waals surface area contributed by atoms with Crippen molar-refractivity contribution in [2.24, 2.45) is 0 Å². The molecule has 22 heavy (non-hydrogen) atoms. The van der Waals surface area contributed by atoms with Crippen LogP contribution in [0.4, 0.5) is 14.6 Å². The zero-order valence-electron chi connectivity index (χ0n) is 12.0. The number of rotatable bonds is 5. The number of nitrogens with one attached hydrogen (secondary N) is 1. The lowest BCUT2D eigenvalue weighted by Gasteiger charge is -2.11. The average molecular weight is 327 g/mol. The van der Waals surface area contributed by atoms with E-state index in [2.05, 4.69) is 10.3 Å². The van der Waals surface area contributed by atoms with E-state index < -0.39 is 21.7 Å². The Morgan fingerprint density at radius 2 is 1.77 bits per heavy atom. The van der Waals surface area contributed by atoms with Crippen LogP contribution in [0.5, 0.6) is 0 Å². The number of hydrogen-bond acceptors (Lipinski definition) is 4. The first-order chi connectivity index (χ1) is 10.3. The summed E-state index contributed by atoms with van der Waals surface area (Å²) in [7, 11) is -0.667. The minimum absolute atomic E-state index is 0.0693. The molecule has 1 heterocycles. The van der Waals surface area contributed by atoms with E-state index in [9.17, 15) is 17.2 Å². The van der Waals surface area contributed by atoms with E-state index in [-0.39, 0.29) is 11.4 Å². The molecule has 0 aliphatic carbocycles. The maximum absolute atomic E-state index is 13.1. The summed E-state index contributed by atoms with van der Waals surface area (Å²) in [4.78, 5) is 4.05. The van der Waals surface area contributed by atoms with Gasteiger partial charge in [0.1, 0.15) is 22.3 Å². The van der Waals surface area contributed by atoms with E-state index in [1.807, 2.05) is 0 Å². The minimum atomic E-state index is -3.53. The lowest BCUT2D eigenvalue weighted by Crippen LogP contribution is -2.22. The number of hydrogen-bond donors (Lipinski definition) is 1. The largest absolute Gasteiger partial charge is 0.366 e. The third kappa shape index (κ3) is 3.77. The SMILES string of the molecule is CN(C)S(=O)(=O)c1ccc(NCc2cc(F)cc(F)c2)nc1. The molecule has 8 heteroatoms. The van der Waals surface area contributed by atoms with Gasteiger partial charge in [-0.25, -0.2) is 26.5 Å². The summed E-state index contributed by atoms with van der Waals surface area (Å²) in [6, 6.07) is 6.12. The van der Waals surface area contributed by atoms with Gasteiger partial charge < -0.3 is 5.32 Å². The summed E-state index contributed by atoms with van der Waals surface area (Å²) in [6.45, 7) is 0.168. The highest BCUT2D eigenvalue weighted by atomic mass is 32.2. The maximum atomic E-state index is 13.1. The van der Waals surface area contributed by atoms with Gasteiger partial charge >= 0.3 is 0 Å². The zero-order valence-corrected chi connectivity index (χ0v) is 12.9. The lowest BCUT2D eigenvalue weighted by atomic mass is 10.2. The molecule has 2 rings (SSSR count). The predicted octanol–water partition coefficient (Wildman–Crippen LogP) is 2.22. The van der Waals surface area contributed by atoms with E-state index in [1.54, 1.807) is 0 Å². The summed E-state index contributed by atoms with van der Waals surface area (Å²) in [5, 5.41) is 2.87. The van der Waals surface area contributed by atoms with Crippen LogP contribution in [0.3, 0.4) is 0 Å². The summed E-state index contributed by atoms with van der Waals surface area (Å²) < 4.78 is 51.0. The normalized spacial score (nSPS) is 11.7. The van der Waals surface area contributed by atoms with E-state index in [4.69, 9.17) is 0 Å². The predicted molar refractivity (Wildman–Crippen MR) is 78.8 cm³/mol. The van der Waals surface area contributed by atoms with Crippen LogP contribution in [0.25, 0.3) is 0 Å². The molecule has 0 bridgehead atoms. The third-order valence-electron chi connectivity index (χ3n) is 2.91. The highest BCUT2D eigenvalue weighted by molar-refractivity contribution is 7.89. The molecular formula is C14H15F2N3O2S. The fraction of sp³-hybridized carbons (Fsp3) is 0.214. The summed E-state index contributed by atoms with van der Waals surface area (Å²) in [6.07, 6.45) is 1.23. The quantitative estimate of drug-likeness (QED) is 0.915. The van der Waals surface area contributed by atoms with Gasteiger partial charge in [-0.2, -0.15) is 0 Å². The summed E-state index contributed by atoms with van der Waals surface area (Å²) in [5.74, 6) is -0.906. The Balaban J connectivity index is 2.09. The molecule has 0 aliphatic heterocycles. The fourth-order valence-electron chi connectivity index (χ4n) is 1.75. The van der Waals surface area contributed by atoms with E-state index in [0.29, 0.717) is 11.4 Å². The molecule has 1 aromatic carbocycles. The van der Waals surface area contributed by atoms with Crippen LogP contribution in [-0.2, 0) is 16.6 Å². The van der Waals surface area contributed by atoms with Crippen LogP contribution in [0.1, 0.15) is 5.56 Å². The van der Waals surface area contributed by atoms with Gasteiger partial charge in [0.05, 0.1) is 0 Å². The second-order valence-corrected chi connectivity index (χ2v) is 6.95. The molecule has 5 nitrogen and oxygen atoms in total. The average Bonchev–Trinajstić information content (AvgIpc) is 2.44. The molecule has 118 valence electrons. The van der Waals surface area contributed by atoms with Crippen LogP contribution >= 0.6 is 0 Å². The van der Waals surface area contributed by atoms with Crippen molar-refractivity contribution in [3.05, 3.63) is 53.7 Å². The maximum Gasteiger partial charge on any atom is 0.244 e. The number of aromatic nitrogens is 1. The van der Waals surface area contributed by atoms with Gasteiger partial charge in [-0.3, -0.25) is 0 Å². The molecule has 1 aromatic heterocycles. The first kappa shape index (κ1) is 16.3. The van der Waals surface area contributed by atoms with Gasteiger partial charge in [0.2, 0.25) is 10.0 Å². The number of anilines is 1. The number of sulfonamides is 1. The van der Waals surface area contributed by atoms with Gasteiger partial charge in [-0.1, -0.05) is 0 Å². The summed E-state index contributed by atoms with van der Waals surface area (Å²) >= 11 is 0. The topological polar surface area (TPSA) is 62.3 Å². The third-order valence-corrected chi connectivity index (χ3v) is 4.71. The van der Waals surface area contributed by atoms with Gasteiger partial charge in [0.25, 0.3) is 0 Å². The second-order valence-electron chi connectivity index (χ2n) is 4.80. The van der Waals surface area contributed by atoms with E-state index in [0.717, 1.165) is 10.4 Å². The molecule has 0 spiro atoms. The second kappa shape index (κ2) is 6.37. The van der Waals surface area contributed by atoms with Gasteiger partial charge in [-0.05, 0) is 29.8 Å². The molecular weight excluding hydrogens is 312 g/mol. The summed E-state index contributed by atoms with van der Waals surface area (Å²) in [5.41, 5.74) is 0.421. The molecule has 0 amide bonds. The standard InChI is InChI=1S/C14H15F2N3O2S/c1-19(2)22(20,21)13-3-4-14(18-9-13)17-8-10-5-11(15)7-12(16)6-10/h3-7,9H,8H2,1-2H3,(H,17,18). The molecule has 0 atom stereocenters. The molecule has 0 radical (unpaired) electrons. The Kier molecular flexibility index (Phi) is 4.72. The van der Waals surface area contributed by atoms with Gasteiger partial charge in [-0.15, -0.1) is 0 Å².